The average Bonchev–Trinajstić information content (AvgIpc) is 2.37. The van der Waals surface area contributed by atoms with Crippen LogP contribution in [0.15, 0.2) is 17.0 Å². The minimum absolute atomic E-state index is 0.0293. The van der Waals surface area contributed by atoms with Gasteiger partial charge >= 0.3 is 0 Å². The minimum atomic E-state index is -3.86. The van der Waals surface area contributed by atoms with Gasteiger partial charge in [0.15, 0.2) is 0 Å². The van der Waals surface area contributed by atoms with Crippen LogP contribution in [0.3, 0.4) is 0 Å². The second-order valence-electron chi connectivity index (χ2n) is 4.91. The maximum atomic E-state index is 11.7. The highest BCUT2D eigenvalue weighted by molar-refractivity contribution is 7.89. The molecule has 5 N–H and O–H groups in total. The van der Waals surface area contributed by atoms with E-state index in [-0.39, 0.29) is 23.0 Å². The molecule has 1 aromatic rings. The molecule has 0 heterocycles. The number of carbonyl (C=O) groups is 1. The Labute approximate surface area is 125 Å². The SMILES string of the molecule is CCCNC(=O)CN(C)c1cc(N)cc(S(N)(=O)=O)c1C. The van der Waals surface area contributed by atoms with Crippen LogP contribution in [0, 0.1) is 6.92 Å². The highest BCUT2D eigenvalue weighted by Gasteiger charge is 2.18. The largest absolute Gasteiger partial charge is 0.399 e. The van der Waals surface area contributed by atoms with Gasteiger partial charge in [-0.2, -0.15) is 0 Å². The summed E-state index contributed by atoms with van der Waals surface area (Å²) in [6.07, 6.45) is 0.850. The second-order valence-corrected chi connectivity index (χ2v) is 6.44. The highest BCUT2D eigenvalue weighted by atomic mass is 32.2. The highest BCUT2D eigenvalue weighted by Crippen LogP contribution is 2.28. The first-order chi connectivity index (χ1) is 9.66. The summed E-state index contributed by atoms with van der Waals surface area (Å²) >= 11 is 0. The Kier molecular flexibility index (Phi) is 5.56. The van der Waals surface area contributed by atoms with Gasteiger partial charge in [-0.3, -0.25) is 4.79 Å². The fourth-order valence-electron chi connectivity index (χ4n) is 2.01. The molecular weight excluding hydrogens is 292 g/mol. The molecule has 0 radical (unpaired) electrons. The van der Waals surface area contributed by atoms with Crippen molar-refractivity contribution < 1.29 is 13.2 Å². The van der Waals surface area contributed by atoms with Crippen molar-refractivity contribution in [3.63, 3.8) is 0 Å². The van der Waals surface area contributed by atoms with E-state index in [0.717, 1.165) is 6.42 Å². The molecule has 1 rings (SSSR count). The van der Waals surface area contributed by atoms with Gasteiger partial charge < -0.3 is 16.0 Å². The molecule has 0 spiro atoms. The Balaban J connectivity index is 3.08. The summed E-state index contributed by atoms with van der Waals surface area (Å²) in [5.41, 5.74) is 7.04. The molecule has 1 amide bonds. The second kappa shape index (κ2) is 6.77. The van der Waals surface area contributed by atoms with Gasteiger partial charge in [0.25, 0.3) is 0 Å². The van der Waals surface area contributed by atoms with Crippen LogP contribution in [0.1, 0.15) is 18.9 Å². The van der Waals surface area contributed by atoms with Crippen LogP contribution in [-0.2, 0) is 14.8 Å². The lowest BCUT2D eigenvalue weighted by molar-refractivity contribution is -0.119. The first-order valence-corrected chi connectivity index (χ1v) is 8.12. The number of nitrogens with zero attached hydrogens (tertiary/aromatic N) is 1. The molecule has 0 saturated heterocycles. The number of anilines is 2. The monoisotopic (exact) mass is 314 g/mol. The molecule has 118 valence electrons. The normalized spacial score (nSPS) is 11.2. The lowest BCUT2D eigenvalue weighted by atomic mass is 10.1. The Hall–Kier alpha value is -1.80. The van der Waals surface area contributed by atoms with Crippen LogP contribution in [0.2, 0.25) is 0 Å². The number of rotatable bonds is 6. The van der Waals surface area contributed by atoms with Crippen molar-refractivity contribution in [3.8, 4) is 0 Å². The molecule has 0 bridgehead atoms. The summed E-state index contributed by atoms with van der Waals surface area (Å²) in [4.78, 5) is 13.4. The molecule has 0 aromatic heterocycles. The van der Waals surface area contributed by atoms with E-state index in [1.165, 1.54) is 6.07 Å². The number of nitrogens with one attached hydrogen (secondary N) is 1. The van der Waals surface area contributed by atoms with Gasteiger partial charge in [-0.1, -0.05) is 6.92 Å². The molecule has 0 aliphatic rings. The Morgan fingerprint density at radius 1 is 1.38 bits per heavy atom. The zero-order valence-electron chi connectivity index (χ0n) is 12.5. The number of sulfonamides is 1. The summed E-state index contributed by atoms with van der Waals surface area (Å²) in [7, 11) is -2.17. The van der Waals surface area contributed by atoms with Gasteiger partial charge in [0.05, 0.1) is 11.4 Å². The van der Waals surface area contributed by atoms with Crippen LogP contribution < -0.4 is 21.1 Å². The fourth-order valence-corrected chi connectivity index (χ4v) is 2.84. The molecule has 0 unspecified atom stereocenters. The van der Waals surface area contributed by atoms with Crippen LogP contribution in [-0.4, -0.2) is 34.5 Å². The summed E-state index contributed by atoms with van der Waals surface area (Å²) in [6, 6.07) is 2.94. The van der Waals surface area contributed by atoms with Gasteiger partial charge in [-0.15, -0.1) is 0 Å². The minimum Gasteiger partial charge on any atom is -0.399 e. The lowest BCUT2D eigenvalue weighted by Crippen LogP contribution is -2.36. The number of benzene rings is 1. The molecule has 0 aliphatic carbocycles. The van der Waals surface area contributed by atoms with Crippen molar-refractivity contribution in [2.24, 2.45) is 5.14 Å². The molecule has 0 fully saturated rings. The van der Waals surface area contributed by atoms with E-state index in [0.29, 0.717) is 17.8 Å². The van der Waals surface area contributed by atoms with Gasteiger partial charge in [-0.05, 0) is 31.0 Å². The van der Waals surface area contributed by atoms with E-state index < -0.39 is 10.0 Å². The lowest BCUT2D eigenvalue weighted by Gasteiger charge is -2.22. The first kappa shape index (κ1) is 17.3. The summed E-state index contributed by atoms with van der Waals surface area (Å²) in [5.74, 6) is -0.140. The third-order valence-electron chi connectivity index (χ3n) is 3.03. The molecule has 21 heavy (non-hydrogen) atoms. The summed E-state index contributed by atoms with van der Waals surface area (Å²) < 4.78 is 23.1. The van der Waals surface area contributed by atoms with Crippen molar-refractivity contribution >= 4 is 27.3 Å². The van der Waals surface area contributed by atoms with E-state index >= 15 is 0 Å². The fraction of sp³-hybridized carbons (Fsp3) is 0.462. The third-order valence-corrected chi connectivity index (χ3v) is 4.06. The predicted octanol–water partition coefficient (Wildman–Crippen LogP) is 0.187. The van der Waals surface area contributed by atoms with E-state index in [1.54, 1.807) is 24.9 Å². The molecule has 0 saturated carbocycles. The zero-order valence-corrected chi connectivity index (χ0v) is 13.3. The van der Waals surface area contributed by atoms with Gasteiger partial charge in [0, 0.05) is 25.0 Å². The van der Waals surface area contributed by atoms with Crippen LogP contribution >= 0.6 is 0 Å². The molecule has 0 aliphatic heterocycles. The first-order valence-electron chi connectivity index (χ1n) is 6.57. The quantitative estimate of drug-likeness (QED) is 0.648. The van der Waals surface area contributed by atoms with Gasteiger partial charge in [0.1, 0.15) is 0 Å². The molecule has 8 heteroatoms. The number of amides is 1. The number of nitrogen functional groups attached to an aromatic ring is 1. The van der Waals surface area contributed by atoms with Crippen molar-refractivity contribution in [1.29, 1.82) is 0 Å². The Morgan fingerprint density at radius 3 is 2.52 bits per heavy atom. The number of likely N-dealkylation sites (N-methyl/N-ethyl adjacent to an activating group) is 1. The third kappa shape index (κ3) is 4.61. The summed E-state index contributed by atoms with van der Waals surface area (Å²) in [5, 5.41) is 7.94. The molecule has 1 aromatic carbocycles. The van der Waals surface area contributed by atoms with Crippen molar-refractivity contribution in [3.05, 3.63) is 17.7 Å². The number of hydrogen-bond donors (Lipinski definition) is 3. The Morgan fingerprint density at radius 2 is 2.00 bits per heavy atom. The van der Waals surface area contributed by atoms with E-state index in [1.807, 2.05) is 6.92 Å². The zero-order chi connectivity index (χ0) is 16.2. The number of carbonyl (C=O) groups excluding carboxylic acids is 1. The van der Waals surface area contributed by atoms with Crippen LogP contribution in [0.4, 0.5) is 11.4 Å². The van der Waals surface area contributed by atoms with E-state index in [9.17, 15) is 13.2 Å². The molecule has 0 atom stereocenters. The predicted molar refractivity (Wildman–Crippen MR) is 83.5 cm³/mol. The maximum Gasteiger partial charge on any atom is 0.239 e. The molecular formula is C13H22N4O3S. The van der Waals surface area contributed by atoms with Crippen molar-refractivity contribution in [2.75, 3.05) is 30.8 Å². The van der Waals surface area contributed by atoms with Gasteiger partial charge in [-0.25, -0.2) is 13.6 Å². The molecule has 7 nitrogen and oxygen atoms in total. The average molecular weight is 314 g/mol. The maximum absolute atomic E-state index is 11.7. The van der Waals surface area contributed by atoms with E-state index in [4.69, 9.17) is 10.9 Å². The van der Waals surface area contributed by atoms with Crippen molar-refractivity contribution in [1.82, 2.24) is 5.32 Å². The van der Waals surface area contributed by atoms with Crippen LogP contribution in [0.25, 0.3) is 0 Å². The van der Waals surface area contributed by atoms with Gasteiger partial charge in [0.2, 0.25) is 15.9 Å². The van der Waals surface area contributed by atoms with Crippen LogP contribution in [0.5, 0.6) is 0 Å². The Bertz CT molecular complexity index is 629. The smallest absolute Gasteiger partial charge is 0.239 e. The number of nitrogens with two attached hydrogens (primary N) is 2. The standard InChI is InChI=1S/C13H22N4O3S/c1-4-5-16-13(18)8-17(3)11-6-10(14)7-12(9(11)2)21(15,19)20/h6-7H,4-5,8,14H2,1-3H3,(H,16,18)(H2,15,19,20). The van der Waals surface area contributed by atoms with E-state index in [2.05, 4.69) is 5.32 Å². The number of primary sulfonamides is 1. The topological polar surface area (TPSA) is 119 Å². The summed E-state index contributed by atoms with van der Waals surface area (Å²) in [6.45, 7) is 4.30. The number of hydrogen-bond acceptors (Lipinski definition) is 5. The van der Waals surface area contributed by atoms with Crippen molar-refractivity contribution in [2.45, 2.75) is 25.2 Å².